The topological polar surface area (TPSA) is 97.6 Å². The number of aliphatic imine (C=N–C) groups is 1. The summed E-state index contributed by atoms with van der Waals surface area (Å²) in [6.07, 6.45) is 15.1. The molecule has 0 spiro atoms. The van der Waals surface area contributed by atoms with Gasteiger partial charge in [0.2, 0.25) is 0 Å². The van der Waals surface area contributed by atoms with E-state index in [-0.39, 0.29) is 11.0 Å². The van der Waals surface area contributed by atoms with E-state index < -0.39 is 0 Å². The Balaban J connectivity index is 0. The Hall–Kier alpha value is -2.31. The van der Waals surface area contributed by atoms with E-state index >= 15 is 0 Å². The van der Waals surface area contributed by atoms with E-state index in [1.807, 2.05) is 34.6 Å². The van der Waals surface area contributed by atoms with Gasteiger partial charge in [0.25, 0.3) is 0 Å². The average molecular weight is 684 g/mol. The van der Waals surface area contributed by atoms with E-state index in [0.29, 0.717) is 17.7 Å². The number of anilines is 1. The van der Waals surface area contributed by atoms with Crippen LogP contribution < -0.4 is 11.5 Å². The number of rotatable bonds is 9. The number of carbonyl (C=O) groups excluding carboxylic acids is 1. The number of aldehydes is 1. The van der Waals surface area contributed by atoms with Crippen molar-refractivity contribution < 1.29 is 4.79 Å². The molecular formula is C43H81N5O. The predicted molar refractivity (Wildman–Crippen MR) is 222 cm³/mol. The first-order valence-electron chi connectivity index (χ1n) is 19.3. The minimum atomic E-state index is 0.0417. The summed E-state index contributed by atoms with van der Waals surface area (Å²) in [6.45, 7) is 32.4. The molecule has 0 unspecified atom stereocenters. The number of unbranched alkanes of at least 4 members (excludes halogenated alkanes) is 2. The van der Waals surface area contributed by atoms with Crippen molar-refractivity contribution in [3.63, 3.8) is 0 Å². The molecule has 4 N–H and O–H groups in total. The number of pyridine rings is 1. The first kappa shape index (κ1) is 48.8. The largest absolute Gasteiger partial charge is 0.382 e. The fraction of sp³-hybridized carbons (Fsp3) is 0.744. The third-order valence-corrected chi connectivity index (χ3v) is 8.57. The molecule has 0 atom stereocenters. The third-order valence-electron chi connectivity index (χ3n) is 8.57. The number of benzene rings is 1. The number of piperidine rings is 1. The summed E-state index contributed by atoms with van der Waals surface area (Å²) in [4.78, 5) is 21.6. The Morgan fingerprint density at radius 1 is 0.898 bits per heavy atom. The van der Waals surface area contributed by atoms with Gasteiger partial charge in [-0.1, -0.05) is 107 Å². The van der Waals surface area contributed by atoms with Crippen molar-refractivity contribution in [2.24, 2.45) is 21.6 Å². The zero-order chi connectivity index (χ0) is 38.3. The van der Waals surface area contributed by atoms with Crippen LogP contribution in [0.3, 0.4) is 0 Å². The highest BCUT2D eigenvalue weighted by Gasteiger charge is 2.11. The first-order valence-corrected chi connectivity index (χ1v) is 19.3. The quantitative estimate of drug-likeness (QED) is 0.202. The molecule has 2 aromatic rings. The summed E-state index contributed by atoms with van der Waals surface area (Å²) in [5, 5.41) is 1.15. The number of fused-ring (bicyclic) bond motifs is 1. The van der Waals surface area contributed by atoms with Crippen molar-refractivity contribution in [3.8, 4) is 0 Å². The van der Waals surface area contributed by atoms with E-state index in [4.69, 9.17) is 16.5 Å². The number of nitrogens with two attached hydrogens (primary N) is 2. The van der Waals surface area contributed by atoms with Gasteiger partial charge in [0.05, 0.1) is 5.52 Å². The molecule has 49 heavy (non-hydrogen) atoms. The molecule has 0 bridgehead atoms. The Kier molecular flexibility index (Phi) is 25.5. The number of aryl methyl sites for hydroxylation is 2. The molecule has 0 saturated carbocycles. The van der Waals surface area contributed by atoms with Crippen LogP contribution in [0.15, 0.2) is 23.2 Å². The van der Waals surface area contributed by atoms with Gasteiger partial charge in [-0.15, -0.1) is 0 Å². The third kappa shape index (κ3) is 27.1. The van der Waals surface area contributed by atoms with Gasteiger partial charge in [-0.05, 0) is 121 Å². The summed E-state index contributed by atoms with van der Waals surface area (Å²) in [6, 6.07) is 6.55. The smallest absolute Gasteiger partial charge is 0.150 e. The highest BCUT2D eigenvalue weighted by molar-refractivity contribution is 5.93. The summed E-state index contributed by atoms with van der Waals surface area (Å²) in [5.41, 5.74) is 17.9. The number of nitrogen functional groups attached to an aromatic ring is 1. The van der Waals surface area contributed by atoms with Gasteiger partial charge in [0.1, 0.15) is 17.8 Å². The monoisotopic (exact) mass is 684 g/mol. The molecule has 3 rings (SSSR count). The van der Waals surface area contributed by atoms with Crippen molar-refractivity contribution in [1.82, 2.24) is 9.88 Å². The lowest BCUT2D eigenvalue weighted by atomic mass is 9.93. The number of aromatic nitrogens is 1. The number of nitrogens with zero attached hydrogens (tertiary/aromatic N) is 3. The standard InChI is InChI=1S/C20H29N3.C6H13N.C6H12O.C6H14.C5H13N/c1-5-7-9-14(3)22-19-15(4)17-12-11-16(10-8-6-2)13-18(17)23-20(19)21;1-7-5-3-2-4-6-7;1-6(2,3)4-5-7;1-5-6(2,3)4;1-4-5(2,3)6/h11-13H,5-10H2,1-4H3,(H2,21,23);2-6H2,1H3;5H,4H2,1-3H3;5H2,1-4H3;4,6H2,1-3H3. The molecule has 1 aliphatic rings. The van der Waals surface area contributed by atoms with Crippen molar-refractivity contribution >= 4 is 34.4 Å². The van der Waals surface area contributed by atoms with E-state index in [2.05, 4.69) is 97.4 Å². The lowest BCUT2D eigenvalue weighted by Gasteiger charge is -2.20. The molecule has 1 aromatic carbocycles. The molecule has 1 fully saturated rings. The highest BCUT2D eigenvalue weighted by atomic mass is 16.1. The zero-order valence-corrected chi connectivity index (χ0v) is 35.1. The van der Waals surface area contributed by atoms with Crippen LogP contribution >= 0.6 is 0 Å². The van der Waals surface area contributed by atoms with Crippen molar-refractivity contribution in [3.05, 3.63) is 29.3 Å². The number of hydrogen-bond acceptors (Lipinski definition) is 6. The first-order chi connectivity index (χ1) is 22.6. The lowest BCUT2D eigenvalue weighted by molar-refractivity contribution is -0.109. The second-order valence-electron chi connectivity index (χ2n) is 16.9. The van der Waals surface area contributed by atoms with Gasteiger partial charge in [0, 0.05) is 23.1 Å². The van der Waals surface area contributed by atoms with Gasteiger partial charge >= 0.3 is 0 Å². The van der Waals surface area contributed by atoms with Gasteiger partial charge in [-0.3, -0.25) is 4.99 Å². The molecule has 284 valence electrons. The van der Waals surface area contributed by atoms with Crippen LogP contribution in [0.5, 0.6) is 0 Å². The Morgan fingerprint density at radius 3 is 1.80 bits per heavy atom. The van der Waals surface area contributed by atoms with Crippen LogP contribution in [0.25, 0.3) is 10.9 Å². The lowest BCUT2D eigenvalue weighted by Crippen LogP contribution is -2.30. The van der Waals surface area contributed by atoms with Crippen molar-refractivity contribution in [2.75, 3.05) is 25.9 Å². The molecule has 0 amide bonds. The zero-order valence-electron chi connectivity index (χ0n) is 35.1. The fourth-order valence-corrected chi connectivity index (χ4v) is 4.15. The minimum absolute atomic E-state index is 0.0417. The average Bonchev–Trinajstić information content (AvgIpc) is 3.01. The highest BCUT2D eigenvalue weighted by Crippen LogP contribution is 2.32. The number of likely N-dealkylation sites (tertiary alicyclic amines) is 1. The second-order valence-corrected chi connectivity index (χ2v) is 16.9. The normalized spacial score (nSPS) is 13.8. The van der Waals surface area contributed by atoms with Gasteiger partial charge in [0.15, 0.2) is 0 Å². The summed E-state index contributed by atoms with van der Waals surface area (Å²) >= 11 is 0. The predicted octanol–water partition coefficient (Wildman–Crippen LogP) is 12.1. The number of hydrogen-bond donors (Lipinski definition) is 2. The van der Waals surface area contributed by atoms with E-state index in [1.165, 1.54) is 63.6 Å². The summed E-state index contributed by atoms with van der Waals surface area (Å²) in [5.74, 6) is 0.540. The molecule has 6 nitrogen and oxygen atoms in total. The molecule has 1 saturated heterocycles. The van der Waals surface area contributed by atoms with E-state index in [9.17, 15) is 4.79 Å². The maximum atomic E-state index is 9.82. The molecule has 1 aromatic heterocycles. The Labute approximate surface area is 304 Å². The van der Waals surface area contributed by atoms with Crippen molar-refractivity contribution in [1.29, 1.82) is 0 Å². The maximum Gasteiger partial charge on any atom is 0.150 e. The molecule has 2 heterocycles. The molecule has 6 heteroatoms. The second kappa shape index (κ2) is 25.6. The molecule has 1 aliphatic heterocycles. The van der Waals surface area contributed by atoms with Gasteiger partial charge in [-0.2, -0.15) is 0 Å². The van der Waals surface area contributed by atoms with E-state index in [1.54, 1.807) is 0 Å². The molecule has 0 aliphatic carbocycles. The molecule has 0 radical (unpaired) electrons. The van der Waals surface area contributed by atoms with Gasteiger partial charge < -0.3 is 21.2 Å². The van der Waals surface area contributed by atoms with Crippen LogP contribution in [0, 0.1) is 17.8 Å². The Morgan fingerprint density at radius 2 is 1.43 bits per heavy atom. The number of carbonyl (C=O) groups is 1. The van der Waals surface area contributed by atoms with Crippen LogP contribution in [-0.2, 0) is 11.2 Å². The summed E-state index contributed by atoms with van der Waals surface area (Å²) < 4.78 is 0. The summed E-state index contributed by atoms with van der Waals surface area (Å²) in [7, 11) is 2.19. The Bertz CT molecular complexity index is 1160. The minimum Gasteiger partial charge on any atom is -0.382 e. The van der Waals surface area contributed by atoms with Crippen LogP contribution in [-0.4, -0.2) is 47.6 Å². The molecular weight excluding hydrogens is 603 g/mol. The fourth-order valence-electron chi connectivity index (χ4n) is 4.15. The SMILES string of the molecule is CC(C)(C)CC=O.CCC(C)(C)C.CCC(C)(C)N.CCCCC(C)=Nc1c(N)nc2cc(CCCC)ccc2c1C.CN1CCCCC1. The van der Waals surface area contributed by atoms with E-state index in [0.717, 1.165) is 59.8 Å². The van der Waals surface area contributed by atoms with Crippen molar-refractivity contribution in [2.45, 2.75) is 180 Å². The van der Waals surface area contributed by atoms with Crippen LogP contribution in [0.2, 0.25) is 0 Å². The van der Waals surface area contributed by atoms with Crippen LogP contribution in [0.4, 0.5) is 11.5 Å². The van der Waals surface area contributed by atoms with Crippen LogP contribution in [0.1, 0.15) is 172 Å². The van der Waals surface area contributed by atoms with Gasteiger partial charge in [-0.25, -0.2) is 4.98 Å². The maximum absolute atomic E-state index is 9.82.